The maximum atomic E-state index is 12.4. The standard InChI is InChI=1S/C15H22N4O2/c1-9(2)16-14(20)13-11-8-19(7-6-12(11)17-18-13)15(21)10-4-3-5-10/h9-10H,3-8H2,1-2H3,(H,16,20)(H,17,18). The number of carbonyl (C=O) groups excluding carboxylic acids is 2. The fourth-order valence-electron chi connectivity index (χ4n) is 2.91. The zero-order valence-corrected chi connectivity index (χ0v) is 12.6. The van der Waals surface area contributed by atoms with Gasteiger partial charge in [0.25, 0.3) is 5.91 Å². The third-order valence-corrected chi connectivity index (χ3v) is 4.33. The Balaban J connectivity index is 1.76. The molecule has 0 spiro atoms. The van der Waals surface area contributed by atoms with Gasteiger partial charge in [-0.25, -0.2) is 0 Å². The van der Waals surface area contributed by atoms with Gasteiger partial charge in [0.1, 0.15) is 0 Å². The quantitative estimate of drug-likeness (QED) is 0.879. The lowest BCUT2D eigenvalue weighted by molar-refractivity contribution is -0.139. The Labute approximate surface area is 124 Å². The molecule has 3 rings (SSSR count). The molecular formula is C15H22N4O2. The van der Waals surface area contributed by atoms with Crippen molar-refractivity contribution < 1.29 is 9.59 Å². The van der Waals surface area contributed by atoms with Crippen molar-refractivity contribution in [2.75, 3.05) is 6.54 Å². The number of rotatable bonds is 3. The van der Waals surface area contributed by atoms with Crippen LogP contribution in [0.4, 0.5) is 0 Å². The fraction of sp³-hybridized carbons (Fsp3) is 0.667. The Kier molecular flexibility index (Phi) is 3.69. The number of hydrogen-bond donors (Lipinski definition) is 2. The third-order valence-electron chi connectivity index (χ3n) is 4.33. The molecule has 1 aliphatic carbocycles. The molecule has 6 nitrogen and oxygen atoms in total. The van der Waals surface area contributed by atoms with Crippen LogP contribution in [-0.4, -0.2) is 39.5 Å². The molecule has 0 saturated heterocycles. The minimum absolute atomic E-state index is 0.0705. The van der Waals surface area contributed by atoms with Crippen LogP contribution in [0.2, 0.25) is 0 Å². The number of carbonyl (C=O) groups is 2. The van der Waals surface area contributed by atoms with Crippen molar-refractivity contribution >= 4 is 11.8 Å². The number of nitrogens with zero attached hydrogens (tertiary/aromatic N) is 2. The molecule has 2 heterocycles. The van der Waals surface area contributed by atoms with E-state index in [1.807, 2.05) is 18.7 Å². The molecule has 1 saturated carbocycles. The van der Waals surface area contributed by atoms with Crippen molar-refractivity contribution in [3.8, 4) is 0 Å². The van der Waals surface area contributed by atoms with Gasteiger partial charge in [0.05, 0.1) is 0 Å². The molecule has 0 radical (unpaired) electrons. The second-order valence-electron chi connectivity index (χ2n) is 6.30. The molecule has 0 bridgehead atoms. The maximum absolute atomic E-state index is 12.4. The van der Waals surface area contributed by atoms with E-state index >= 15 is 0 Å². The second kappa shape index (κ2) is 5.50. The van der Waals surface area contributed by atoms with E-state index in [1.165, 1.54) is 0 Å². The Bertz CT molecular complexity index is 560. The van der Waals surface area contributed by atoms with Crippen LogP contribution in [0.15, 0.2) is 0 Å². The Morgan fingerprint density at radius 2 is 2.14 bits per heavy atom. The lowest BCUT2D eigenvalue weighted by Crippen LogP contribution is -2.42. The van der Waals surface area contributed by atoms with Gasteiger partial charge in [-0.3, -0.25) is 14.7 Å². The number of aromatic nitrogens is 2. The van der Waals surface area contributed by atoms with Gasteiger partial charge in [-0.2, -0.15) is 5.10 Å². The van der Waals surface area contributed by atoms with E-state index in [9.17, 15) is 9.59 Å². The van der Waals surface area contributed by atoms with E-state index in [2.05, 4.69) is 15.5 Å². The minimum Gasteiger partial charge on any atom is -0.348 e. The molecular weight excluding hydrogens is 268 g/mol. The van der Waals surface area contributed by atoms with E-state index in [-0.39, 0.29) is 23.8 Å². The summed E-state index contributed by atoms with van der Waals surface area (Å²) in [5, 5.41) is 9.96. The highest BCUT2D eigenvalue weighted by atomic mass is 16.2. The lowest BCUT2D eigenvalue weighted by atomic mass is 9.84. The van der Waals surface area contributed by atoms with Crippen LogP contribution in [0, 0.1) is 5.92 Å². The van der Waals surface area contributed by atoms with Crippen LogP contribution < -0.4 is 5.32 Å². The van der Waals surface area contributed by atoms with E-state index in [4.69, 9.17) is 0 Å². The van der Waals surface area contributed by atoms with Gasteiger partial charge in [-0.05, 0) is 26.7 Å². The summed E-state index contributed by atoms with van der Waals surface area (Å²) in [6, 6.07) is 0.0705. The van der Waals surface area contributed by atoms with Crippen molar-refractivity contribution in [3.05, 3.63) is 17.0 Å². The molecule has 114 valence electrons. The summed E-state index contributed by atoms with van der Waals surface area (Å²) in [6.07, 6.45) is 3.92. The largest absolute Gasteiger partial charge is 0.348 e. The number of amides is 2. The van der Waals surface area contributed by atoms with Gasteiger partial charge in [-0.1, -0.05) is 6.42 Å². The lowest BCUT2D eigenvalue weighted by Gasteiger charge is -2.33. The summed E-state index contributed by atoms with van der Waals surface area (Å²) in [4.78, 5) is 26.4. The second-order valence-corrected chi connectivity index (χ2v) is 6.30. The highest BCUT2D eigenvalue weighted by Crippen LogP contribution is 2.30. The molecule has 2 N–H and O–H groups in total. The SMILES string of the molecule is CC(C)NC(=O)c1n[nH]c2c1CN(C(=O)C1CCC1)CC2. The molecule has 6 heteroatoms. The summed E-state index contributed by atoms with van der Waals surface area (Å²) in [5.74, 6) is 0.273. The molecule has 1 aromatic rings. The average molecular weight is 290 g/mol. The van der Waals surface area contributed by atoms with Gasteiger partial charge >= 0.3 is 0 Å². The van der Waals surface area contributed by atoms with Gasteiger partial charge < -0.3 is 10.2 Å². The molecule has 21 heavy (non-hydrogen) atoms. The molecule has 2 amide bonds. The van der Waals surface area contributed by atoms with Crippen LogP contribution >= 0.6 is 0 Å². The molecule has 0 atom stereocenters. The van der Waals surface area contributed by atoms with E-state index in [1.54, 1.807) is 0 Å². The first-order valence-electron chi connectivity index (χ1n) is 7.72. The topological polar surface area (TPSA) is 78.1 Å². The van der Waals surface area contributed by atoms with E-state index < -0.39 is 0 Å². The Morgan fingerprint density at radius 1 is 1.38 bits per heavy atom. The highest BCUT2D eigenvalue weighted by Gasteiger charge is 2.33. The normalized spacial score (nSPS) is 18.3. The van der Waals surface area contributed by atoms with Crippen molar-refractivity contribution in [2.24, 2.45) is 5.92 Å². The van der Waals surface area contributed by atoms with Crippen LogP contribution in [0.5, 0.6) is 0 Å². The van der Waals surface area contributed by atoms with Gasteiger partial charge in [-0.15, -0.1) is 0 Å². The van der Waals surface area contributed by atoms with Crippen molar-refractivity contribution in [1.29, 1.82) is 0 Å². The number of aromatic amines is 1. The number of H-pyrrole nitrogens is 1. The van der Waals surface area contributed by atoms with Gasteiger partial charge in [0, 0.05) is 42.7 Å². The fourth-order valence-corrected chi connectivity index (χ4v) is 2.91. The molecule has 0 unspecified atom stereocenters. The highest BCUT2D eigenvalue weighted by molar-refractivity contribution is 5.94. The first-order chi connectivity index (χ1) is 10.1. The first kappa shape index (κ1) is 14.1. The summed E-state index contributed by atoms with van der Waals surface area (Å²) < 4.78 is 0. The van der Waals surface area contributed by atoms with E-state index in [0.29, 0.717) is 12.2 Å². The van der Waals surface area contributed by atoms with Crippen LogP contribution in [-0.2, 0) is 17.8 Å². The van der Waals surface area contributed by atoms with Gasteiger partial charge in [0.2, 0.25) is 5.91 Å². The average Bonchev–Trinajstić information content (AvgIpc) is 2.78. The number of fused-ring (bicyclic) bond motifs is 1. The first-order valence-corrected chi connectivity index (χ1v) is 7.72. The Morgan fingerprint density at radius 3 is 2.76 bits per heavy atom. The predicted molar refractivity (Wildman–Crippen MR) is 77.7 cm³/mol. The molecule has 1 aromatic heterocycles. The minimum atomic E-state index is -0.166. The summed E-state index contributed by atoms with van der Waals surface area (Å²) >= 11 is 0. The zero-order chi connectivity index (χ0) is 15.0. The van der Waals surface area contributed by atoms with Crippen molar-refractivity contribution in [2.45, 2.75) is 52.1 Å². The number of hydrogen-bond acceptors (Lipinski definition) is 3. The smallest absolute Gasteiger partial charge is 0.272 e. The van der Waals surface area contributed by atoms with Crippen molar-refractivity contribution in [3.63, 3.8) is 0 Å². The Hall–Kier alpha value is -1.85. The molecule has 2 aliphatic rings. The monoisotopic (exact) mass is 290 g/mol. The summed E-state index contributed by atoms with van der Waals surface area (Å²) in [7, 11) is 0. The summed E-state index contributed by atoms with van der Waals surface area (Å²) in [6.45, 7) is 5.06. The number of nitrogens with one attached hydrogen (secondary N) is 2. The molecule has 1 aliphatic heterocycles. The van der Waals surface area contributed by atoms with E-state index in [0.717, 1.165) is 43.5 Å². The van der Waals surface area contributed by atoms with Crippen molar-refractivity contribution in [1.82, 2.24) is 20.4 Å². The van der Waals surface area contributed by atoms with Gasteiger partial charge in [0.15, 0.2) is 5.69 Å². The summed E-state index contributed by atoms with van der Waals surface area (Å²) in [5.41, 5.74) is 2.30. The third kappa shape index (κ3) is 2.66. The van der Waals surface area contributed by atoms with Crippen LogP contribution in [0.3, 0.4) is 0 Å². The van der Waals surface area contributed by atoms with Crippen LogP contribution in [0.1, 0.15) is 54.9 Å². The molecule has 1 fully saturated rings. The molecule has 0 aromatic carbocycles. The van der Waals surface area contributed by atoms with Crippen LogP contribution in [0.25, 0.3) is 0 Å². The zero-order valence-electron chi connectivity index (χ0n) is 12.6. The predicted octanol–water partition coefficient (Wildman–Crippen LogP) is 1.23. The maximum Gasteiger partial charge on any atom is 0.272 e.